The zero-order valence-corrected chi connectivity index (χ0v) is 13.8. The van der Waals surface area contributed by atoms with Crippen LogP contribution in [0.2, 0.25) is 0 Å². The van der Waals surface area contributed by atoms with Gasteiger partial charge in [0.25, 0.3) is 0 Å². The lowest BCUT2D eigenvalue weighted by Gasteiger charge is -2.34. The van der Waals surface area contributed by atoms with E-state index in [0.717, 1.165) is 31.2 Å². The summed E-state index contributed by atoms with van der Waals surface area (Å²) in [6.07, 6.45) is 3.84. The van der Waals surface area contributed by atoms with Crippen molar-refractivity contribution in [2.24, 2.45) is 5.41 Å². The van der Waals surface area contributed by atoms with Crippen molar-refractivity contribution in [2.75, 3.05) is 0 Å². The van der Waals surface area contributed by atoms with E-state index in [1.807, 2.05) is 6.92 Å². The Morgan fingerprint density at radius 1 is 1.29 bits per heavy atom. The second-order valence-corrected chi connectivity index (χ2v) is 8.52. The van der Waals surface area contributed by atoms with E-state index in [1.165, 1.54) is 0 Å². The monoisotopic (exact) mass is 311 g/mol. The van der Waals surface area contributed by atoms with E-state index >= 15 is 0 Å². The van der Waals surface area contributed by atoms with E-state index in [1.54, 1.807) is 18.2 Å². The summed E-state index contributed by atoms with van der Waals surface area (Å²) in [7, 11) is -3.51. The molecule has 0 heterocycles. The van der Waals surface area contributed by atoms with Gasteiger partial charge in [-0.2, -0.15) is 0 Å². The normalized spacial score (nSPS) is 19.6. The Morgan fingerprint density at radius 3 is 2.48 bits per heavy atom. The molecule has 0 aliphatic heterocycles. The van der Waals surface area contributed by atoms with E-state index in [-0.39, 0.29) is 17.5 Å². The highest BCUT2D eigenvalue weighted by atomic mass is 32.2. The fraction of sp³-hybridized carbons (Fsp3) is 0.625. The van der Waals surface area contributed by atoms with Gasteiger partial charge >= 0.3 is 0 Å². The van der Waals surface area contributed by atoms with Crippen LogP contribution in [0.5, 0.6) is 0 Å². The Kier molecular flexibility index (Phi) is 4.76. The van der Waals surface area contributed by atoms with E-state index in [9.17, 15) is 13.5 Å². The van der Waals surface area contributed by atoms with Gasteiger partial charge in [-0.1, -0.05) is 19.9 Å². The predicted molar refractivity (Wildman–Crippen MR) is 83.5 cm³/mol. The van der Waals surface area contributed by atoms with Gasteiger partial charge in [-0.15, -0.1) is 0 Å². The van der Waals surface area contributed by atoms with Crippen LogP contribution in [0.25, 0.3) is 0 Å². The van der Waals surface area contributed by atoms with Crippen LogP contribution < -0.4 is 4.72 Å². The molecule has 1 fully saturated rings. The van der Waals surface area contributed by atoms with E-state index in [2.05, 4.69) is 18.6 Å². The van der Waals surface area contributed by atoms with Gasteiger partial charge in [0, 0.05) is 6.04 Å². The fourth-order valence-corrected chi connectivity index (χ4v) is 4.15. The third-order valence-electron chi connectivity index (χ3n) is 4.46. The van der Waals surface area contributed by atoms with E-state index in [0.29, 0.717) is 11.0 Å². The Hall–Kier alpha value is -0.910. The van der Waals surface area contributed by atoms with Gasteiger partial charge in [-0.25, -0.2) is 13.1 Å². The van der Waals surface area contributed by atoms with Crippen molar-refractivity contribution in [3.8, 4) is 0 Å². The van der Waals surface area contributed by atoms with Crippen molar-refractivity contribution in [3.63, 3.8) is 0 Å². The largest absolute Gasteiger partial charge is 0.392 e. The number of aliphatic hydroxyl groups is 1. The van der Waals surface area contributed by atoms with Crippen molar-refractivity contribution in [2.45, 2.75) is 64.0 Å². The number of hydrogen-bond acceptors (Lipinski definition) is 3. The first-order valence-electron chi connectivity index (χ1n) is 7.46. The van der Waals surface area contributed by atoms with E-state index in [4.69, 9.17) is 0 Å². The van der Waals surface area contributed by atoms with Gasteiger partial charge in [0.1, 0.15) is 0 Å². The molecule has 0 spiro atoms. The minimum Gasteiger partial charge on any atom is -0.392 e. The molecule has 0 amide bonds. The fourth-order valence-electron chi connectivity index (χ4n) is 2.79. The van der Waals surface area contributed by atoms with Gasteiger partial charge in [-0.05, 0) is 61.3 Å². The number of hydrogen-bond donors (Lipinski definition) is 2. The standard InChI is InChI=1S/C16H25NO3S/c1-12-4-5-15(10-13(12)11-18)21(19,20)17-14-6-8-16(2,3)9-7-14/h4-5,10,14,17-18H,6-9,11H2,1-3H3. The molecule has 0 unspecified atom stereocenters. The molecular formula is C16H25NO3S. The minimum absolute atomic E-state index is 0.0157. The summed E-state index contributed by atoms with van der Waals surface area (Å²) in [6.45, 7) is 6.17. The summed E-state index contributed by atoms with van der Waals surface area (Å²) in [4.78, 5) is 0.238. The molecule has 1 aromatic carbocycles. The van der Waals surface area contributed by atoms with Crippen molar-refractivity contribution in [3.05, 3.63) is 29.3 Å². The van der Waals surface area contributed by atoms with Crippen LogP contribution in [0.4, 0.5) is 0 Å². The predicted octanol–water partition coefficient (Wildman–Crippen LogP) is 2.73. The minimum atomic E-state index is -3.51. The lowest BCUT2D eigenvalue weighted by Crippen LogP contribution is -2.39. The molecule has 1 saturated carbocycles. The molecule has 21 heavy (non-hydrogen) atoms. The Morgan fingerprint density at radius 2 is 1.90 bits per heavy atom. The molecule has 5 heteroatoms. The van der Waals surface area contributed by atoms with E-state index < -0.39 is 10.0 Å². The van der Waals surface area contributed by atoms with Gasteiger partial charge in [-0.3, -0.25) is 0 Å². The number of rotatable bonds is 4. The van der Waals surface area contributed by atoms with Crippen LogP contribution >= 0.6 is 0 Å². The number of aryl methyl sites for hydroxylation is 1. The average molecular weight is 311 g/mol. The zero-order valence-electron chi connectivity index (χ0n) is 13.0. The first-order chi connectivity index (χ1) is 9.73. The highest BCUT2D eigenvalue weighted by molar-refractivity contribution is 7.89. The molecule has 0 saturated heterocycles. The van der Waals surface area contributed by atoms with Crippen molar-refractivity contribution in [1.29, 1.82) is 0 Å². The zero-order chi connectivity index (χ0) is 15.7. The van der Waals surface area contributed by atoms with Crippen LogP contribution in [0.3, 0.4) is 0 Å². The molecule has 118 valence electrons. The summed E-state index contributed by atoms with van der Waals surface area (Å²) >= 11 is 0. The highest BCUT2D eigenvalue weighted by Crippen LogP contribution is 2.35. The van der Waals surface area contributed by atoms with Gasteiger partial charge in [0.15, 0.2) is 0 Å². The van der Waals surface area contributed by atoms with Crippen LogP contribution in [0.15, 0.2) is 23.1 Å². The van der Waals surface area contributed by atoms with Gasteiger partial charge in [0.2, 0.25) is 10.0 Å². The molecule has 2 rings (SSSR count). The molecule has 0 aromatic heterocycles. The van der Waals surface area contributed by atoms with Crippen molar-refractivity contribution in [1.82, 2.24) is 4.72 Å². The molecule has 1 aliphatic rings. The summed E-state index contributed by atoms with van der Waals surface area (Å²) in [6, 6.07) is 4.92. The molecule has 0 bridgehead atoms. The SMILES string of the molecule is Cc1ccc(S(=O)(=O)NC2CCC(C)(C)CC2)cc1CO. The number of aliphatic hydroxyl groups excluding tert-OH is 1. The quantitative estimate of drug-likeness (QED) is 0.898. The average Bonchev–Trinajstić information content (AvgIpc) is 2.41. The van der Waals surface area contributed by atoms with Crippen LogP contribution in [-0.2, 0) is 16.6 Å². The number of sulfonamides is 1. The van der Waals surface area contributed by atoms with Gasteiger partial charge in [0.05, 0.1) is 11.5 Å². The maximum atomic E-state index is 12.4. The smallest absolute Gasteiger partial charge is 0.240 e. The second-order valence-electron chi connectivity index (χ2n) is 6.81. The maximum Gasteiger partial charge on any atom is 0.240 e. The first kappa shape index (κ1) is 16.5. The Labute approximate surface area is 127 Å². The highest BCUT2D eigenvalue weighted by Gasteiger charge is 2.29. The topological polar surface area (TPSA) is 66.4 Å². The van der Waals surface area contributed by atoms with Crippen LogP contribution in [-0.4, -0.2) is 19.6 Å². The lowest BCUT2D eigenvalue weighted by molar-refractivity contribution is 0.218. The van der Waals surface area contributed by atoms with Gasteiger partial charge < -0.3 is 5.11 Å². The molecule has 0 radical (unpaired) electrons. The third kappa shape index (κ3) is 4.05. The second kappa shape index (κ2) is 6.07. The summed E-state index contributed by atoms with van der Waals surface area (Å²) in [5, 5.41) is 9.27. The third-order valence-corrected chi connectivity index (χ3v) is 5.98. The summed E-state index contributed by atoms with van der Waals surface area (Å²) < 4.78 is 27.7. The lowest BCUT2D eigenvalue weighted by atomic mass is 9.76. The van der Waals surface area contributed by atoms with Crippen molar-refractivity contribution < 1.29 is 13.5 Å². The summed E-state index contributed by atoms with van der Waals surface area (Å²) in [5.74, 6) is 0. The Balaban J connectivity index is 2.12. The number of benzene rings is 1. The molecule has 4 nitrogen and oxygen atoms in total. The molecule has 0 atom stereocenters. The molecule has 1 aliphatic carbocycles. The first-order valence-corrected chi connectivity index (χ1v) is 8.94. The molecular weight excluding hydrogens is 286 g/mol. The molecule has 2 N–H and O–H groups in total. The number of nitrogens with one attached hydrogen (secondary N) is 1. The van der Waals surface area contributed by atoms with Crippen LogP contribution in [0.1, 0.15) is 50.7 Å². The van der Waals surface area contributed by atoms with Crippen LogP contribution in [0, 0.1) is 12.3 Å². The maximum absolute atomic E-state index is 12.4. The summed E-state index contributed by atoms with van der Waals surface area (Å²) in [5.41, 5.74) is 1.87. The van der Waals surface area contributed by atoms with Crippen molar-refractivity contribution >= 4 is 10.0 Å². The molecule has 1 aromatic rings. The Bertz CT molecular complexity index is 598.